The van der Waals surface area contributed by atoms with Crippen LogP contribution in [0, 0.1) is 11.3 Å². The van der Waals surface area contributed by atoms with Crippen molar-refractivity contribution < 1.29 is 4.79 Å². The lowest BCUT2D eigenvalue weighted by Crippen LogP contribution is -2.13. The standard InChI is InChI=1S/C12H8Cl2N4O/c1-18-6-7(5-15)11(17-18)16-12(19)9-4-8(13)2-3-10(9)14/h2-4,6H,1H3,(H,16,17,19). The molecule has 19 heavy (non-hydrogen) atoms. The third-order valence-electron chi connectivity index (χ3n) is 2.35. The first-order valence-corrected chi connectivity index (χ1v) is 5.97. The smallest absolute Gasteiger partial charge is 0.258 e. The van der Waals surface area contributed by atoms with Crippen LogP contribution in [0.25, 0.3) is 0 Å². The highest BCUT2D eigenvalue weighted by atomic mass is 35.5. The minimum atomic E-state index is -0.470. The maximum absolute atomic E-state index is 12.1. The van der Waals surface area contributed by atoms with Crippen LogP contribution in [-0.4, -0.2) is 15.7 Å². The van der Waals surface area contributed by atoms with Crippen molar-refractivity contribution >= 4 is 34.9 Å². The van der Waals surface area contributed by atoms with Crippen molar-refractivity contribution in [1.82, 2.24) is 9.78 Å². The number of hydrogen-bond acceptors (Lipinski definition) is 3. The first kappa shape index (κ1) is 13.4. The van der Waals surface area contributed by atoms with Crippen LogP contribution in [0.5, 0.6) is 0 Å². The zero-order valence-corrected chi connectivity index (χ0v) is 11.3. The number of amides is 1. The Balaban J connectivity index is 2.31. The molecular weight excluding hydrogens is 287 g/mol. The van der Waals surface area contributed by atoms with Crippen molar-refractivity contribution in [3.63, 3.8) is 0 Å². The molecule has 0 saturated heterocycles. The summed E-state index contributed by atoms with van der Waals surface area (Å²) in [6.07, 6.45) is 1.51. The van der Waals surface area contributed by atoms with Gasteiger partial charge in [0, 0.05) is 18.3 Å². The lowest BCUT2D eigenvalue weighted by atomic mass is 10.2. The molecule has 1 amide bonds. The molecule has 2 rings (SSSR count). The number of hydrogen-bond donors (Lipinski definition) is 1. The van der Waals surface area contributed by atoms with Gasteiger partial charge in [0.05, 0.1) is 10.6 Å². The molecule has 0 radical (unpaired) electrons. The van der Waals surface area contributed by atoms with Gasteiger partial charge in [-0.1, -0.05) is 23.2 Å². The molecule has 0 bridgehead atoms. The fourth-order valence-corrected chi connectivity index (χ4v) is 1.88. The van der Waals surface area contributed by atoms with E-state index in [4.69, 9.17) is 28.5 Å². The Hall–Kier alpha value is -2.03. The van der Waals surface area contributed by atoms with Gasteiger partial charge in [0.1, 0.15) is 11.6 Å². The van der Waals surface area contributed by atoms with E-state index >= 15 is 0 Å². The summed E-state index contributed by atoms with van der Waals surface area (Å²) in [7, 11) is 1.66. The van der Waals surface area contributed by atoms with Gasteiger partial charge in [0.2, 0.25) is 0 Å². The summed E-state index contributed by atoms with van der Waals surface area (Å²) in [5.41, 5.74) is 0.498. The predicted molar refractivity (Wildman–Crippen MR) is 72.3 cm³/mol. The van der Waals surface area contributed by atoms with Gasteiger partial charge < -0.3 is 5.32 Å². The molecule has 0 saturated carbocycles. The first-order valence-electron chi connectivity index (χ1n) is 5.21. The molecule has 1 heterocycles. The van der Waals surface area contributed by atoms with E-state index in [-0.39, 0.29) is 22.0 Å². The lowest BCUT2D eigenvalue weighted by Gasteiger charge is -2.05. The Bertz CT molecular complexity index is 688. The lowest BCUT2D eigenvalue weighted by molar-refractivity contribution is 0.102. The average Bonchev–Trinajstić information content (AvgIpc) is 2.72. The van der Waals surface area contributed by atoms with Gasteiger partial charge in [-0.2, -0.15) is 10.4 Å². The fourth-order valence-electron chi connectivity index (χ4n) is 1.51. The largest absolute Gasteiger partial charge is 0.304 e. The van der Waals surface area contributed by atoms with Gasteiger partial charge in [-0.05, 0) is 18.2 Å². The van der Waals surface area contributed by atoms with Gasteiger partial charge in [0.15, 0.2) is 5.82 Å². The van der Waals surface area contributed by atoms with Gasteiger partial charge >= 0.3 is 0 Å². The van der Waals surface area contributed by atoms with Crippen molar-refractivity contribution in [3.8, 4) is 6.07 Å². The SMILES string of the molecule is Cn1cc(C#N)c(NC(=O)c2cc(Cl)ccc2Cl)n1. The molecule has 0 atom stereocenters. The normalized spacial score (nSPS) is 10.0. The Kier molecular flexibility index (Phi) is 3.74. The summed E-state index contributed by atoms with van der Waals surface area (Å²) in [4.78, 5) is 12.1. The van der Waals surface area contributed by atoms with Crippen LogP contribution < -0.4 is 5.32 Å². The van der Waals surface area contributed by atoms with E-state index in [0.717, 1.165) is 0 Å². The van der Waals surface area contributed by atoms with Crippen LogP contribution in [0.3, 0.4) is 0 Å². The second kappa shape index (κ2) is 5.31. The second-order valence-corrected chi connectivity index (χ2v) is 4.60. The summed E-state index contributed by atoms with van der Waals surface area (Å²) in [5.74, 6) is -0.284. The average molecular weight is 295 g/mol. The van der Waals surface area contributed by atoms with E-state index in [1.165, 1.54) is 23.0 Å². The Morgan fingerprint density at radius 2 is 2.21 bits per heavy atom. The number of aryl methyl sites for hydroxylation is 1. The molecule has 5 nitrogen and oxygen atoms in total. The molecule has 7 heteroatoms. The summed E-state index contributed by atoms with van der Waals surface area (Å²) in [6.45, 7) is 0. The van der Waals surface area contributed by atoms with E-state index in [1.54, 1.807) is 13.1 Å². The highest BCUT2D eigenvalue weighted by molar-refractivity contribution is 6.36. The summed E-state index contributed by atoms with van der Waals surface area (Å²) >= 11 is 11.7. The molecule has 1 aromatic carbocycles. The zero-order chi connectivity index (χ0) is 14.0. The van der Waals surface area contributed by atoms with Crippen LogP contribution in [0.4, 0.5) is 5.82 Å². The third-order valence-corrected chi connectivity index (χ3v) is 2.92. The fraction of sp³-hybridized carbons (Fsp3) is 0.0833. The number of anilines is 1. The minimum Gasteiger partial charge on any atom is -0.304 e. The van der Waals surface area contributed by atoms with E-state index < -0.39 is 5.91 Å². The quantitative estimate of drug-likeness (QED) is 0.926. The van der Waals surface area contributed by atoms with Crippen LogP contribution >= 0.6 is 23.2 Å². The van der Waals surface area contributed by atoms with Crippen molar-refractivity contribution in [3.05, 3.63) is 45.6 Å². The summed E-state index contributed by atoms with van der Waals surface area (Å²) in [5, 5.41) is 16.1. The van der Waals surface area contributed by atoms with Crippen LogP contribution in [0.15, 0.2) is 24.4 Å². The molecular formula is C12H8Cl2N4O. The number of benzene rings is 1. The van der Waals surface area contributed by atoms with E-state index in [1.807, 2.05) is 6.07 Å². The number of nitrogens with one attached hydrogen (secondary N) is 1. The number of aromatic nitrogens is 2. The van der Waals surface area contributed by atoms with E-state index in [9.17, 15) is 4.79 Å². The summed E-state index contributed by atoms with van der Waals surface area (Å²) < 4.78 is 1.44. The molecule has 2 aromatic rings. The molecule has 96 valence electrons. The molecule has 0 fully saturated rings. The number of nitriles is 1. The highest BCUT2D eigenvalue weighted by Gasteiger charge is 2.15. The number of carbonyl (C=O) groups excluding carboxylic acids is 1. The molecule has 1 N–H and O–H groups in total. The van der Waals surface area contributed by atoms with Crippen molar-refractivity contribution in [2.24, 2.45) is 7.05 Å². The maximum Gasteiger partial charge on any atom is 0.258 e. The Morgan fingerprint density at radius 1 is 1.47 bits per heavy atom. The molecule has 1 aromatic heterocycles. The minimum absolute atomic E-state index is 0.186. The van der Waals surface area contributed by atoms with Gasteiger partial charge in [-0.3, -0.25) is 9.48 Å². The molecule has 0 unspecified atom stereocenters. The van der Waals surface area contributed by atoms with Gasteiger partial charge in [0.25, 0.3) is 5.91 Å². The Labute approximate surface area is 119 Å². The molecule has 0 spiro atoms. The van der Waals surface area contributed by atoms with Crippen molar-refractivity contribution in [2.45, 2.75) is 0 Å². The van der Waals surface area contributed by atoms with Crippen LogP contribution in [0.2, 0.25) is 10.0 Å². The zero-order valence-electron chi connectivity index (χ0n) is 9.82. The predicted octanol–water partition coefficient (Wildman–Crippen LogP) is 2.85. The monoisotopic (exact) mass is 294 g/mol. The van der Waals surface area contributed by atoms with E-state index in [2.05, 4.69) is 10.4 Å². The van der Waals surface area contributed by atoms with Crippen molar-refractivity contribution in [1.29, 1.82) is 5.26 Å². The van der Waals surface area contributed by atoms with E-state index in [0.29, 0.717) is 5.02 Å². The first-order chi connectivity index (χ1) is 9.01. The third kappa shape index (κ3) is 2.87. The summed E-state index contributed by atoms with van der Waals surface area (Å²) in [6, 6.07) is 6.51. The molecule has 0 aliphatic rings. The molecule has 0 aliphatic heterocycles. The topological polar surface area (TPSA) is 70.7 Å². The second-order valence-electron chi connectivity index (χ2n) is 3.76. The molecule has 0 aliphatic carbocycles. The highest BCUT2D eigenvalue weighted by Crippen LogP contribution is 2.22. The van der Waals surface area contributed by atoms with Crippen LogP contribution in [0.1, 0.15) is 15.9 Å². The number of rotatable bonds is 2. The Morgan fingerprint density at radius 3 is 2.89 bits per heavy atom. The van der Waals surface area contributed by atoms with Crippen LogP contribution in [-0.2, 0) is 7.05 Å². The van der Waals surface area contributed by atoms with Gasteiger partial charge in [-0.15, -0.1) is 0 Å². The van der Waals surface area contributed by atoms with Gasteiger partial charge in [-0.25, -0.2) is 0 Å². The number of carbonyl (C=O) groups is 1. The maximum atomic E-state index is 12.1. The number of nitrogens with zero attached hydrogens (tertiary/aromatic N) is 3. The number of halogens is 2. The van der Waals surface area contributed by atoms with Crippen molar-refractivity contribution in [2.75, 3.05) is 5.32 Å².